The molecule has 1 aromatic heterocycles. The summed E-state index contributed by atoms with van der Waals surface area (Å²) in [7, 11) is -4.81. The molecule has 2 unspecified atom stereocenters. The third-order valence-corrected chi connectivity index (χ3v) is 6.03. The van der Waals surface area contributed by atoms with Crippen LogP contribution in [-0.2, 0) is 37.3 Å². The second-order valence-corrected chi connectivity index (χ2v) is 11.8. The molecule has 5 atom stereocenters. The van der Waals surface area contributed by atoms with Gasteiger partial charge in [0, 0.05) is 6.20 Å². The Balaban J connectivity index is 2.50. The number of carbonyl (C=O) groups is 2. The standard InChI is InChI=1S/C25H34N3O12P/c1-9-13-34-22(30)27-17-11-12-28(21(29)26-17)20-19(38-23(31)35-14-10-2)18(16(37-20)15-36-24(3,4)5)39-41(32,33)40-25(6,7)8/h1-2,11-12,16,18-20H,13-15H2,3-8H3,(H,32,33)(H,26,27,29,30)/t16-,18?,19+,20-/m1/s1. The molecule has 0 bridgehead atoms. The van der Waals surface area contributed by atoms with Crippen LogP contribution < -0.4 is 11.0 Å². The van der Waals surface area contributed by atoms with Gasteiger partial charge in [-0.25, -0.2) is 18.9 Å². The number of terminal acetylenes is 2. The number of carbonyl (C=O) groups excluding carboxylic acids is 2. The maximum Gasteiger partial charge on any atom is 0.509 e. The highest BCUT2D eigenvalue weighted by Crippen LogP contribution is 2.51. The van der Waals surface area contributed by atoms with Gasteiger partial charge in [0.05, 0.1) is 17.8 Å². The zero-order chi connectivity index (χ0) is 31.0. The fraction of sp³-hybridized carbons (Fsp3) is 0.600. The van der Waals surface area contributed by atoms with Crippen LogP contribution >= 0.6 is 7.82 Å². The molecular weight excluding hydrogens is 565 g/mol. The van der Waals surface area contributed by atoms with Gasteiger partial charge >= 0.3 is 25.8 Å². The number of anilines is 1. The molecule has 15 nitrogen and oxygen atoms in total. The maximum atomic E-state index is 13.0. The van der Waals surface area contributed by atoms with E-state index in [2.05, 4.69) is 26.9 Å². The van der Waals surface area contributed by atoms with E-state index < -0.39 is 68.1 Å². The van der Waals surface area contributed by atoms with Crippen molar-refractivity contribution in [3.8, 4) is 24.7 Å². The Morgan fingerprint density at radius 3 is 2.32 bits per heavy atom. The van der Waals surface area contributed by atoms with Gasteiger partial charge in [0.1, 0.15) is 18.0 Å². The molecule has 226 valence electrons. The van der Waals surface area contributed by atoms with Crippen LogP contribution in [0.1, 0.15) is 47.8 Å². The lowest BCUT2D eigenvalue weighted by atomic mass is 10.1. The van der Waals surface area contributed by atoms with Crippen LogP contribution in [0.25, 0.3) is 0 Å². The predicted molar refractivity (Wildman–Crippen MR) is 143 cm³/mol. The van der Waals surface area contributed by atoms with E-state index in [1.807, 2.05) is 0 Å². The van der Waals surface area contributed by atoms with Crippen LogP contribution in [0.3, 0.4) is 0 Å². The molecule has 0 radical (unpaired) electrons. The van der Waals surface area contributed by atoms with E-state index in [-0.39, 0.29) is 19.0 Å². The monoisotopic (exact) mass is 599 g/mol. The molecule has 0 saturated carbocycles. The second-order valence-electron chi connectivity index (χ2n) is 10.5. The maximum absolute atomic E-state index is 13.0. The number of amides is 1. The van der Waals surface area contributed by atoms with Crippen molar-refractivity contribution in [1.82, 2.24) is 9.55 Å². The van der Waals surface area contributed by atoms with Gasteiger partial charge in [-0.05, 0) is 47.6 Å². The van der Waals surface area contributed by atoms with Gasteiger partial charge in [-0.1, -0.05) is 11.8 Å². The van der Waals surface area contributed by atoms with Crippen molar-refractivity contribution < 1.29 is 51.8 Å². The zero-order valence-corrected chi connectivity index (χ0v) is 24.4. The van der Waals surface area contributed by atoms with Crippen LogP contribution in [-0.4, -0.2) is 76.0 Å². The number of aromatic nitrogens is 2. The minimum Gasteiger partial charge on any atom is -0.436 e. The Morgan fingerprint density at radius 1 is 1.12 bits per heavy atom. The van der Waals surface area contributed by atoms with Crippen molar-refractivity contribution in [3.05, 3.63) is 22.7 Å². The third-order valence-electron chi connectivity index (χ3n) is 4.74. The van der Waals surface area contributed by atoms with E-state index >= 15 is 0 Å². The first-order valence-corrected chi connectivity index (χ1v) is 13.7. The second kappa shape index (κ2) is 14.0. The molecule has 1 aromatic rings. The summed E-state index contributed by atoms with van der Waals surface area (Å²) < 4.78 is 51.1. The quantitative estimate of drug-likeness (QED) is 0.228. The molecule has 2 heterocycles. The number of hydrogen-bond acceptors (Lipinski definition) is 12. The molecule has 1 saturated heterocycles. The summed E-state index contributed by atoms with van der Waals surface area (Å²) in [5, 5.41) is 2.23. The van der Waals surface area contributed by atoms with Crippen LogP contribution in [0.15, 0.2) is 17.1 Å². The van der Waals surface area contributed by atoms with Crippen molar-refractivity contribution in [3.63, 3.8) is 0 Å². The molecule has 1 aliphatic heterocycles. The Morgan fingerprint density at radius 2 is 1.76 bits per heavy atom. The number of nitrogens with zero attached hydrogens (tertiary/aromatic N) is 2. The minimum absolute atomic E-state index is 0.184. The van der Waals surface area contributed by atoms with E-state index in [1.165, 1.54) is 33.0 Å². The largest absolute Gasteiger partial charge is 0.509 e. The summed E-state index contributed by atoms with van der Waals surface area (Å²) >= 11 is 0. The zero-order valence-electron chi connectivity index (χ0n) is 23.5. The predicted octanol–water partition coefficient (Wildman–Crippen LogP) is 2.59. The third kappa shape index (κ3) is 11.2. The molecule has 41 heavy (non-hydrogen) atoms. The van der Waals surface area contributed by atoms with E-state index in [0.717, 1.165) is 4.57 Å². The molecule has 2 rings (SSSR count). The summed E-state index contributed by atoms with van der Waals surface area (Å²) in [6, 6.07) is 1.23. The fourth-order valence-corrected chi connectivity index (χ4v) is 4.64. The van der Waals surface area contributed by atoms with Gasteiger partial charge in [-0.15, -0.1) is 12.8 Å². The summed E-state index contributed by atoms with van der Waals surface area (Å²) in [5.74, 6) is 4.03. The van der Waals surface area contributed by atoms with Gasteiger partial charge in [0.2, 0.25) is 0 Å². The molecule has 16 heteroatoms. The number of rotatable bonds is 10. The van der Waals surface area contributed by atoms with E-state index in [9.17, 15) is 23.8 Å². The van der Waals surface area contributed by atoms with E-state index in [0.29, 0.717) is 0 Å². The Bertz CT molecular complexity index is 1270. The number of ether oxygens (including phenoxy) is 5. The van der Waals surface area contributed by atoms with Crippen molar-refractivity contribution in [2.75, 3.05) is 25.1 Å². The van der Waals surface area contributed by atoms with Crippen LogP contribution in [0, 0.1) is 24.7 Å². The highest BCUT2D eigenvalue weighted by Gasteiger charge is 2.53. The van der Waals surface area contributed by atoms with E-state index in [4.69, 9.17) is 40.8 Å². The molecule has 1 aliphatic rings. The topological polar surface area (TPSA) is 183 Å². The van der Waals surface area contributed by atoms with Crippen molar-refractivity contribution in [2.24, 2.45) is 0 Å². The molecule has 0 spiro atoms. The van der Waals surface area contributed by atoms with E-state index in [1.54, 1.807) is 20.8 Å². The molecular formula is C25H34N3O12P. The van der Waals surface area contributed by atoms with Crippen LogP contribution in [0.2, 0.25) is 0 Å². The first-order valence-electron chi connectivity index (χ1n) is 12.2. The minimum atomic E-state index is -4.81. The summed E-state index contributed by atoms with van der Waals surface area (Å²) in [4.78, 5) is 51.4. The van der Waals surface area contributed by atoms with Crippen LogP contribution in [0.4, 0.5) is 15.4 Å². The summed E-state index contributed by atoms with van der Waals surface area (Å²) in [6.45, 7) is 8.90. The van der Waals surface area contributed by atoms with Gasteiger partial charge in [0.25, 0.3) is 0 Å². The highest BCUT2D eigenvalue weighted by atomic mass is 31.2. The average molecular weight is 600 g/mol. The highest BCUT2D eigenvalue weighted by molar-refractivity contribution is 7.47. The van der Waals surface area contributed by atoms with Gasteiger partial charge < -0.3 is 28.6 Å². The Kier molecular flexibility index (Phi) is 11.5. The van der Waals surface area contributed by atoms with Crippen molar-refractivity contribution in [1.29, 1.82) is 0 Å². The normalized spacial score (nSPS) is 22.1. The first kappa shape index (κ1) is 33.8. The first-order chi connectivity index (χ1) is 18.9. The van der Waals surface area contributed by atoms with Gasteiger partial charge in [0.15, 0.2) is 25.5 Å². The SMILES string of the molecule is C#CCOC(=O)Nc1ccn([C@@H]2O[C@H](COC(C)(C)C)C(OP(=O)(O)OC(C)(C)C)[C@@H]2OC(=O)OCC#C)c(=O)n1. The van der Waals surface area contributed by atoms with Crippen molar-refractivity contribution >= 4 is 25.9 Å². The Hall–Kier alpha value is -3.43. The smallest absolute Gasteiger partial charge is 0.436 e. The number of hydrogen-bond donors (Lipinski definition) is 2. The van der Waals surface area contributed by atoms with Crippen LogP contribution in [0.5, 0.6) is 0 Å². The molecule has 0 aliphatic carbocycles. The van der Waals surface area contributed by atoms with Gasteiger partial charge in [-0.2, -0.15) is 4.98 Å². The molecule has 0 aromatic carbocycles. The molecule has 1 fully saturated rings. The lowest BCUT2D eigenvalue weighted by molar-refractivity contribution is -0.101. The average Bonchev–Trinajstić information content (AvgIpc) is 3.14. The number of phosphoric acid groups is 1. The lowest BCUT2D eigenvalue weighted by Crippen LogP contribution is -2.42. The number of nitrogens with one attached hydrogen (secondary N) is 1. The fourth-order valence-electron chi connectivity index (χ4n) is 3.34. The molecule has 1 amide bonds. The van der Waals surface area contributed by atoms with Gasteiger partial charge in [-0.3, -0.25) is 18.9 Å². The number of phosphoric ester groups is 1. The molecule has 2 N–H and O–H groups in total. The summed E-state index contributed by atoms with van der Waals surface area (Å²) in [5.41, 5.74) is -2.75. The Labute approximate surface area is 237 Å². The lowest BCUT2D eigenvalue weighted by Gasteiger charge is -2.29. The van der Waals surface area contributed by atoms with Crippen molar-refractivity contribution in [2.45, 2.75) is 77.3 Å². The summed E-state index contributed by atoms with van der Waals surface area (Å²) in [6.07, 6.45) is 3.41.